The lowest BCUT2D eigenvalue weighted by atomic mass is 10.2. The fourth-order valence-electron chi connectivity index (χ4n) is 2.70. The normalized spacial score (nSPS) is 10.4. The summed E-state index contributed by atoms with van der Waals surface area (Å²) < 4.78 is 2.04. The Labute approximate surface area is 157 Å². The van der Waals surface area contributed by atoms with Crippen LogP contribution in [0, 0.1) is 0 Å². The van der Waals surface area contributed by atoms with Gasteiger partial charge in [0.25, 0.3) is 0 Å². The number of nitrogens with zero attached hydrogens (tertiary/aromatic N) is 4. The third kappa shape index (κ3) is 3.26. The first-order valence-electron chi connectivity index (χ1n) is 8.47. The van der Waals surface area contributed by atoms with Gasteiger partial charge in [-0.15, -0.1) is 11.6 Å². The van der Waals surface area contributed by atoms with Crippen LogP contribution in [0.1, 0.15) is 19.4 Å². The second kappa shape index (κ2) is 7.97. The quantitative estimate of drug-likeness (QED) is 0.528. The molecule has 0 atom stereocenters. The standard InChI is InChI=1S/C18H14ClN5.C2H6/c19-11-12-5-7-13(8-6-12)24-15-4-2-10-22-17(15)23-18(24)14-3-1-9-21-16(14)20;1-2/h1-10H,11H2,(H2,20,21);1-2H3. The molecule has 3 heterocycles. The molecule has 0 fully saturated rings. The average molecular weight is 366 g/mol. The Hall–Kier alpha value is -2.92. The van der Waals surface area contributed by atoms with Crippen molar-refractivity contribution in [2.45, 2.75) is 19.7 Å². The molecule has 3 aromatic heterocycles. The van der Waals surface area contributed by atoms with Crippen LogP contribution in [0.15, 0.2) is 60.9 Å². The van der Waals surface area contributed by atoms with Gasteiger partial charge in [-0.25, -0.2) is 15.0 Å². The summed E-state index contributed by atoms with van der Waals surface area (Å²) in [5.41, 5.74) is 10.4. The van der Waals surface area contributed by atoms with Crippen molar-refractivity contribution in [2.24, 2.45) is 0 Å². The Morgan fingerprint density at radius 1 is 0.962 bits per heavy atom. The summed E-state index contributed by atoms with van der Waals surface area (Å²) >= 11 is 5.89. The highest BCUT2D eigenvalue weighted by atomic mass is 35.5. The Kier molecular flexibility index (Phi) is 5.49. The van der Waals surface area contributed by atoms with Gasteiger partial charge < -0.3 is 5.73 Å². The second-order valence-corrected chi connectivity index (χ2v) is 5.62. The molecular formula is C20H20ClN5. The fourth-order valence-corrected chi connectivity index (χ4v) is 2.87. The topological polar surface area (TPSA) is 69.6 Å². The average Bonchev–Trinajstić information content (AvgIpc) is 3.09. The minimum Gasteiger partial charge on any atom is -0.383 e. The van der Waals surface area contributed by atoms with Crippen LogP contribution in [-0.2, 0) is 5.88 Å². The van der Waals surface area contributed by atoms with E-state index >= 15 is 0 Å². The molecule has 0 radical (unpaired) electrons. The fraction of sp³-hybridized carbons (Fsp3) is 0.150. The van der Waals surface area contributed by atoms with Gasteiger partial charge in [0.15, 0.2) is 11.5 Å². The Morgan fingerprint density at radius 2 is 1.65 bits per heavy atom. The number of nitrogens with two attached hydrogens (primary N) is 1. The lowest BCUT2D eigenvalue weighted by Crippen LogP contribution is -2.01. The Balaban J connectivity index is 0.000000948. The van der Waals surface area contributed by atoms with Gasteiger partial charge in [0.05, 0.1) is 11.1 Å². The summed E-state index contributed by atoms with van der Waals surface area (Å²) in [6.45, 7) is 4.00. The first kappa shape index (κ1) is 17.9. The second-order valence-electron chi connectivity index (χ2n) is 5.35. The molecule has 0 spiro atoms. The number of benzene rings is 1. The van der Waals surface area contributed by atoms with Crippen molar-refractivity contribution in [3.8, 4) is 17.1 Å². The molecule has 5 nitrogen and oxygen atoms in total. The molecule has 4 aromatic rings. The molecule has 0 aliphatic rings. The third-order valence-corrected chi connectivity index (χ3v) is 4.17. The lowest BCUT2D eigenvalue weighted by molar-refractivity contribution is 1.09. The number of pyridine rings is 2. The van der Waals surface area contributed by atoms with Gasteiger partial charge in [-0.1, -0.05) is 26.0 Å². The minimum atomic E-state index is 0.437. The zero-order valence-corrected chi connectivity index (χ0v) is 15.5. The van der Waals surface area contributed by atoms with Gasteiger partial charge in [-0.05, 0) is 42.0 Å². The van der Waals surface area contributed by atoms with E-state index in [-0.39, 0.29) is 0 Å². The highest BCUT2D eigenvalue weighted by Crippen LogP contribution is 2.30. The number of rotatable bonds is 3. The molecule has 2 N–H and O–H groups in total. The van der Waals surface area contributed by atoms with E-state index in [1.807, 2.05) is 66.9 Å². The van der Waals surface area contributed by atoms with Crippen LogP contribution in [0.2, 0.25) is 0 Å². The maximum absolute atomic E-state index is 6.06. The van der Waals surface area contributed by atoms with E-state index < -0.39 is 0 Å². The van der Waals surface area contributed by atoms with Gasteiger partial charge in [0, 0.05) is 24.0 Å². The highest BCUT2D eigenvalue weighted by molar-refractivity contribution is 6.17. The number of hydrogen-bond acceptors (Lipinski definition) is 4. The summed E-state index contributed by atoms with van der Waals surface area (Å²) in [6, 6.07) is 15.7. The molecule has 0 aliphatic carbocycles. The van der Waals surface area contributed by atoms with Crippen molar-refractivity contribution in [3.63, 3.8) is 0 Å². The molecule has 0 aliphatic heterocycles. The van der Waals surface area contributed by atoms with E-state index in [0.29, 0.717) is 23.2 Å². The van der Waals surface area contributed by atoms with E-state index in [9.17, 15) is 0 Å². The molecule has 6 heteroatoms. The molecule has 1 aromatic carbocycles. The minimum absolute atomic E-state index is 0.437. The third-order valence-electron chi connectivity index (χ3n) is 3.86. The van der Waals surface area contributed by atoms with Gasteiger partial charge in [0.1, 0.15) is 5.82 Å². The van der Waals surface area contributed by atoms with Gasteiger partial charge in [0.2, 0.25) is 0 Å². The summed E-state index contributed by atoms with van der Waals surface area (Å²) in [7, 11) is 0. The maximum atomic E-state index is 6.06. The van der Waals surface area contributed by atoms with Crippen molar-refractivity contribution >= 4 is 28.6 Å². The SMILES string of the molecule is CC.Nc1ncccc1-c1nc2ncccc2n1-c1ccc(CCl)cc1. The molecule has 0 saturated heterocycles. The largest absolute Gasteiger partial charge is 0.383 e. The molecule has 0 amide bonds. The van der Waals surface area contributed by atoms with Crippen LogP contribution >= 0.6 is 11.6 Å². The molecule has 0 saturated carbocycles. The van der Waals surface area contributed by atoms with Gasteiger partial charge >= 0.3 is 0 Å². The number of halogens is 1. The number of nitrogen functional groups attached to an aromatic ring is 1. The van der Waals surface area contributed by atoms with Crippen molar-refractivity contribution in [2.75, 3.05) is 5.73 Å². The molecule has 0 bridgehead atoms. The number of aromatic nitrogens is 4. The molecule has 132 valence electrons. The smallest absolute Gasteiger partial charge is 0.178 e. The van der Waals surface area contributed by atoms with Crippen LogP contribution in [0.25, 0.3) is 28.2 Å². The Morgan fingerprint density at radius 3 is 2.35 bits per heavy atom. The van der Waals surface area contributed by atoms with E-state index in [1.165, 1.54) is 0 Å². The monoisotopic (exact) mass is 365 g/mol. The van der Waals surface area contributed by atoms with E-state index in [4.69, 9.17) is 17.3 Å². The van der Waals surface area contributed by atoms with Crippen molar-refractivity contribution in [1.29, 1.82) is 0 Å². The number of alkyl halides is 1. The number of imidazole rings is 1. The number of fused-ring (bicyclic) bond motifs is 1. The van der Waals surface area contributed by atoms with Crippen molar-refractivity contribution in [3.05, 3.63) is 66.5 Å². The zero-order valence-electron chi connectivity index (χ0n) is 14.7. The van der Waals surface area contributed by atoms with Gasteiger partial charge in [-0.3, -0.25) is 4.57 Å². The van der Waals surface area contributed by atoms with Crippen LogP contribution in [-0.4, -0.2) is 19.5 Å². The predicted octanol–water partition coefficient (Wildman–Crippen LogP) is 4.83. The van der Waals surface area contributed by atoms with Gasteiger partial charge in [-0.2, -0.15) is 0 Å². The summed E-state index contributed by atoms with van der Waals surface area (Å²) in [6.07, 6.45) is 3.39. The first-order valence-corrected chi connectivity index (χ1v) is 9.01. The zero-order chi connectivity index (χ0) is 18.5. The molecule has 0 unspecified atom stereocenters. The maximum Gasteiger partial charge on any atom is 0.178 e. The van der Waals surface area contributed by atoms with E-state index in [0.717, 1.165) is 22.3 Å². The van der Waals surface area contributed by atoms with Crippen LogP contribution < -0.4 is 5.73 Å². The van der Waals surface area contributed by atoms with E-state index in [2.05, 4.69) is 15.0 Å². The molecule has 26 heavy (non-hydrogen) atoms. The Bertz CT molecular complexity index is 1010. The highest BCUT2D eigenvalue weighted by Gasteiger charge is 2.17. The first-order chi connectivity index (χ1) is 12.8. The summed E-state index contributed by atoms with van der Waals surface area (Å²) in [4.78, 5) is 13.2. The van der Waals surface area contributed by atoms with Crippen molar-refractivity contribution < 1.29 is 0 Å². The van der Waals surface area contributed by atoms with Crippen LogP contribution in [0.5, 0.6) is 0 Å². The molecule has 4 rings (SSSR count). The lowest BCUT2D eigenvalue weighted by Gasteiger charge is -2.11. The number of anilines is 1. The van der Waals surface area contributed by atoms with Crippen molar-refractivity contribution in [1.82, 2.24) is 19.5 Å². The summed E-state index contributed by atoms with van der Waals surface area (Å²) in [5, 5.41) is 0. The molecular weight excluding hydrogens is 346 g/mol. The predicted molar refractivity (Wildman–Crippen MR) is 107 cm³/mol. The van der Waals surface area contributed by atoms with Crippen LogP contribution in [0.4, 0.5) is 5.82 Å². The number of hydrogen-bond donors (Lipinski definition) is 1. The van der Waals surface area contributed by atoms with E-state index in [1.54, 1.807) is 12.4 Å². The summed E-state index contributed by atoms with van der Waals surface area (Å²) in [5.74, 6) is 1.63. The van der Waals surface area contributed by atoms with Crippen LogP contribution in [0.3, 0.4) is 0 Å².